The van der Waals surface area contributed by atoms with Crippen LogP contribution in [0, 0.1) is 11.7 Å². The second-order valence-electron chi connectivity index (χ2n) is 5.26. The standard InChI is InChI=1S/C17H16FNO2/c18-16-9-12(20)5-6-14(16)13-3-1-2-4-15(13)17(21)11-7-8-19-10-11/h1-6,9,11,19-20H,7-8,10H2. The Kier molecular flexibility index (Phi) is 3.71. The first kappa shape index (κ1) is 13.8. The van der Waals surface area contributed by atoms with Crippen molar-refractivity contribution in [1.29, 1.82) is 0 Å². The van der Waals surface area contributed by atoms with E-state index in [0.717, 1.165) is 19.0 Å². The molecular formula is C17H16FNO2. The molecule has 0 saturated carbocycles. The normalized spacial score (nSPS) is 17.9. The number of phenols is 1. The number of benzene rings is 2. The zero-order valence-electron chi connectivity index (χ0n) is 11.5. The lowest BCUT2D eigenvalue weighted by Gasteiger charge is -2.13. The summed E-state index contributed by atoms with van der Waals surface area (Å²) in [5, 5.41) is 12.5. The van der Waals surface area contributed by atoms with E-state index in [1.165, 1.54) is 12.1 Å². The van der Waals surface area contributed by atoms with Gasteiger partial charge in [0.2, 0.25) is 0 Å². The second kappa shape index (κ2) is 5.66. The Balaban J connectivity index is 2.05. The number of carbonyl (C=O) groups is 1. The molecule has 2 N–H and O–H groups in total. The Morgan fingerprint density at radius 2 is 2.00 bits per heavy atom. The predicted molar refractivity (Wildman–Crippen MR) is 78.8 cm³/mol. The van der Waals surface area contributed by atoms with Gasteiger partial charge in [0.1, 0.15) is 11.6 Å². The summed E-state index contributed by atoms with van der Waals surface area (Å²) < 4.78 is 14.1. The molecule has 1 unspecified atom stereocenters. The predicted octanol–water partition coefficient (Wildman–Crippen LogP) is 2.99. The summed E-state index contributed by atoms with van der Waals surface area (Å²) in [5.74, 6) is -0.658. The van der Waals surface area contributed by atoms with Crippen molar-refractivity contribution < 1.29 is 14.3 Å². The fourth-order valence-corrected chi connectivity index (χ4v) is 2.75. The summed E-state index contributed by atoms with van der Waals surface area (Å²) in [6.45, 7) is 1.51. The summed E-state index contributed by atoms with van der Waals surface area (Å²) in [7, 11) is 0. The third-order valence-corrected chi connectivity index (χ3v) is 3.87. The molecule has 0 spiro atoms. The lowest BCUT2D eigenvalue weighted by molar-refractivity contribution is 0.0931. The maximum atomic E-state index is 14.1. The Bertz CT molecular complexity index is 678. The van der Waals surface area contributed by atoms with Crippen molar-refractivity contribution in [3.63, 3.8) is 0 Å². The summed E-state index contributed by atoms with van der Waals surface area (Å²) in [5.41, 5.74) is 1.45. The number of nitrogens with one attached hydrogen (secondary N) is 1. The lowest BCUT2D eigenvalue weighted by atomic mass is 9.90. The fraction of sp³-hybridized carbons (Fsp3) is 0.235. The smallest absolute Gasteiger partial charge is 0.167 e. The summed E-state index contributed by atoms with van der Waals surface area (Å²) in [6.07, 6.45) is 0.811. The average Bonchev–Trinajstić information content (AvgIpc) is 3.01. The number of hydrogen-bond acceptors (Lipinski definition) is 3. The maximum absolute atomic E-state index is 14.1. The van der Waals surface area contributed by atoms with Gasteiger partial charge in [-0.2, -0.15) is 0 Å². The molecule has 1 saturated heterocycles. The van der Waals surface area contributed by atoms with Crippen molar-refractivity contribution in [2.24, 2.45) is 5.92 Å². The Labute approximate surface area is 122 Å². The molecule has 2 aromatic rings. The monoisotopic (exact) mass is 285 g/mol. The first-order valence-electron chi connectivity index (χ1n) is 6.99. The highest BCUT2D eigenvalue weighted by Gasteiger charge is 2.26. The van der Waals surface area contributed by atoms with Crippen LogP contribution in [0.5, 0.6) is 5.75 Å². The quantitative estimate of drug-likeness (QED) is 0.852. The van der Waals surface area contributed by atoms with Crippen LogP contribution in [0.1, 0.15) is 16.8 Å². The molecule has 108 valence electrons. The summed E-state index contributed by atoms with van der Waals surface area (Å²) >= 11 is 0. The van der Waals surface area contributed by atoms with Crippen LogP contribution in [0.4, 0.5) is 4.39 Å². The van der Waals surface area contributed by atoms with Crippen LogP contribution < -0.4 is 5.32 Å². The van der Waals surface area contributed by atoms with E-state index in [2.05, 4.69) is 5.32 Å². The highest BCUT2D eigenvalue weighted by molar-refractivity contribution is 6.04. The molecule has 0 aliphatic carbocycles. The Hall–Kier alpha value is -2.20. The average molecular weight is 285 g/mol. The van der Waals surface area contributed by atoms with Gasteiger partial charge in [-0.25, -0.2) is 4.39 Å². The molecule has 3 nitrogen and oxygen atoms in total. The minimum absolute atomic E-state index is 0.0445. The minimum Gasteiger partial charge on any atom is -0.508 e. The number of carbonyl (C=O) groups excluding carboxylic acids is 1. The highest BCUT2D eigenvalue weighted by atomic mass is 19.1. The van der Waals surface area contributed by atoms with Crippen molar-refractivity contribution in [2.45, 2.75) is 6.42 Å². The van der Waals surface area contributed by atoms with Crippen molar-refractivity contribution in [1.82, 2.24) is 5.32 Å². The van der Waals surface area contributed by atoms with Crippen LogP contribution >= 0.6 is 0 Å². The number of hydrogen-bond donors (Lipinski definition) is 2. The third kappa shape index (κ3) is 2.67. The highest BCUT2D eigenvalue weighted by Crippen LogP contribution is 2.30. The zero-order chi connectivity index (χ0) is 14.8. The SMILES string of the molecule is O=C(c1ccccc1-c1ccc(O)cc1F)C1CCNC1. The van der Waals surface area contributed by atoms with Gasteiger partial charge in [-0.15, -0.1) is 0 Å². The van der Waals surface area contributed by atoms with Crippen molar-refractivity contribution in [3.05, 3.63) is 53.8 Å². The molecule has 1 atom stereocenters. The summed E-state index contributed by atoms with van der Waals surface area (Å²) in [4.78, 5) is 12.6. The van der Waals surface area contributed by atoms with E-state index >= 15 is 0 Å². The van der Waals surface area contributed by atoms with Crippen LogP contribution in [0.25, 0.3) is 11.1 Å². The van der Waals surface area contributed by atoms with Crippen LogP contribution in [-0.4, -0.2) is 24.0 Å². The van der Waals surface area contributed by atoms with Gasteiger partial charge in [0.25, 0.3) is 0 Å². The number of rotatable bonds is 3. The largest absolute Gasteiger partial charge is 0.508 e. The topological polar surface area (TPSA) is 49.3 Å². The van der Waals surface area contributed by atoms with Gasteiger partial charge in [0.15, 0.2) is 5.78 Å². The van der Waals surface area contributed by atoms with Crippen LogP contribution in [-0.2, 0) is 0 Å². The lowest BCUT2D eigenvalue weighted by Crippen LogP contribution is -2.18. The van der Waals surface area contributed by atoms with Gasteiger partial charge in [0, 0.05) is 29.7 Å². The van der Waals surface area contributed by atoms with Crippen molar-refractivity contribution in [3.8, 4) is 16.9 Å². The molecule has 0 bridgehead atoms. The molecule has 1 aliphatic heterocycles. The molecule has 0 aromatic heterocycles. The summed E-state index contributed by atoms with van der Waals surface area (Å²) in [6, 6.07) is 11.0. The van der Waals surface area contributed by atoms with E-state index in [9.17, 15) is 14.3 Å². The number of phenolic OH excluding ortho intramolecular Hbond substituents is 1. The van der Waals surface area contributed by atoms with E-state index in [1.807, 2.05) is 0 Å². The molecule has 1 heterocycles. The van der Waals surface area contributed by atoms with Crippen molar-refractivity contribution >= 4 is 5.78 Å². The first-order chi connectivity index (χ1) is 10.2. The van der Waals surface area contributed by atoms with Gasteiger partial charge in [-0.05, 0) is 30.7 Å². The van der Waals surface area contributed by atoms with Crippen LogP contribution in [0.2, 0.25) is 0 Å². The van der Waals surface area contributed by atoms with Crippen molar-refractivity contribution in [2.75, 3.05) is 13.1 Å². The molecule has 4 heteroatoms. The molecular weight excluding hydrogens is 269 g/mol. The van der Waals surface area contributed by atoms with Crippen LogP contribution in [0.15, 0.2) is 42.5 Å². The Morgan fingerprint density at radius 3 is 2.71 bits per heavy atom. The van der Waals surface area contributed by atoms with E-state index in [1.54, 1.807) is 24.3 Å². The number of aromatic hydroxyl groups is 1. The molecule has 2 aromatic carbocycles. The van der Waals surface area contributed by atoms with E-state index < -0.39 is 5.82 Å². The minimum atomic E-state index is -0.528. The number of halogens is 1. The van der Waals surface area contributed by atoms with E-state index in [-0.39, 0.29) is 17.5 Å². The molecule has 3 rings (SSSR count). The Morgan fingerprint density at radius 1 is 1.19 bits per heavy atom. The number of Topliss-reactive ketones (excluding diaryl/α,β-unsaturated/α-hetero) is 1. The molecule has 1 fully saturated rings. The van der Waals surface area contributed by atoms with Gasteiger partial charge in [-0.3, -0.25) is 4.79 Å². The third-order valence-electron chi connectivity index (χ3n) is 3.87. The van der Waals surface area contributed by atoms with Gasteiger partial charge >= 0.3 is 0 Å². The molecule has 0 radical (unpaired) electrons. The van der Waals surface area contributed by atoms with E-state index in [4.69, 9.17) is 0 Å². The van der Waals surface area contributed by atoms with Gasteiger partial charge in [-0.1, -0.05) is 24.3 Å². The fourth-order valence-electron chi connectivity index (χ4n) is 2.75. The first-order valence-corrected chi connectivity index (χ1v) is 6.99. The van der Waals surface area contributed by atoms with Gasteiger partial charge in [0.05, 0.1) is 0 Å². The molecule has 1 aliphatic rings. The zero-order valence-corrected chi connectivity index (χ0v) is 11.5. The van der Waals surface area contributed by atoms with Gasteiger partial charge < -0.3 is 10.4 Å². The molecule has 21 heavy (non-hydrogen) atoms. The second-order valence-corrected chi connectivity index (χ2v) is 5.26. The maximum Gasteiger partial charge on any atom is 0.167 e. The van der Waals surface area contributed by atoms with Crippen LogP contribution in [0.3, 0.4) is 0 Å². The molecule has 0 amide bonds. The van der Waals surface area contributed by atoms with E-state index in [0.29, 0.717) is 23.2 Å². The number of ketones is 1.